The van der Waals surface area contributed by atoms with Gasteiger partial charge in [-0.1, -0.05) is 338 Å². The number of esters is 3. The van der Waals surface area contributed by atoms with E-state index in [1.165, 1.54) is 250 Å². The van der Waals surface area contributed by atoms with E-state index in [0.29, 0.717) is 19.3 Å². The quantitative estimate of drug-likeness (QED) is 0.0261. The van der Waals surface area contributed by atoms with Gasteiger partial charge in [0.2, 0.25) is 0 Å². The van der Waals surface area contributed by atoms with Gasteiger partial charge in [0, 0.05) is 19.3 Å². The van der Waals surface area contributed by atoms with Gasteiger partial charge < -0.3 is 14.2 Å². The molecule has 0 aromatic rings. The lowest BCUT2D eigenvalue weighted by Crippen LogP contribution is -2.30. The first kappa shape index (κ1) is 78.1. The number of carbonyl (C=O) groups excluding carboxylic acids is 3. The van der Waals surface area contributed by atoms with Gasteiger partial charge in [0.05, 0.1) is 0 Å². The molecule has 0 bridgehead atoms. The van der Waals surface area contributed by atoms with Crippen molar-refractivity contribution in [2.24, 2.45) is 0 Å². The summed E-state index contributed by atoms with van der Waals surface area (Å²) in [7, 11) is 0. The van der Waals surface area contributed by atoms with E-state index in [1.54, 1.807) is 0 Å². The van der Waals surface area contributed by atoms with Crippen LogP contribution in [0.5, 0.6) is 0 Å². The van der Waals surface area contributed by atoms with Crippen molar-refractivity contribution >= 4 is 17.9 Å². The number of unbranched alkanes of at least 4 members (excludes halogenated alkanes) is 45. The van der Waals surface area contributed by atoms with E-state index in [-0.39, 0.29) is 31.1 Å². The van der Waals surface area contributed by atoms with Gasteiger partial charge in [0.25, 0.3) is 0 Å². The fourth-order valence-corrected chi connectivity index (χ4v) is 10.7. The third-order valence-corrected chi connectivity index (χ3v) is 16.0. The van der Waals surface area contributed by atoms with Gasteiger partial charge in [-0.25, -0.2) is 0 Å². The highest BCUT2D eigenvalue weighted by Crippen LogP contribution is 2.18. The van der Waals surface area contributed by atoms with Crippen LogP contribution in [-0.2, 0) is 28.6 Å². The van der Waals surface area contributed by atoms with E-state index in [1.807, 2.05) is 0 Å². The highest BCUT2D eigenvalue weighted by Gasteiger charge is 2.19. The van der Waals surface area contributed by atoms with Crippen LogP contribution in [-0.4, -0.2) is 37.2 Å². The van der Waals surface area contributed by atoms with Gasteiger partial charge >= 0.3 is 17.9 Å². The number of carbonyl (C=O) groups is 3. The molecule has 0 rings (SSSR count). The highest BCUT2D eigenvalue weighted by molar-refractivity contribution is 5.71. The molecule has 1 unspecified atom stereocenters. The van der Waals surface area contributed by atoms with Crippen molar-refractivity contribution in [1.29, 1.82) is 0 Å². The Labute approximate surface area is 504 Å². The predicted octanol–water partition coefficient (Wildman–Crippen LogP) is 24.7. The van der Waals surface area contributed by atoms with Crippen molar-refractivity contribution in [3.8, 4) is 0 Å². The van der Waals surface area contributed by atoms with Crippen LogP contribution in [0.25, 0.3) is 0 Å². The smallest absolute Gasteiger partial charge is 0.306 e. The largest absolute Gasteiger partial charge is 0.462 e. The molecule has 472 valence electrons. The van der Waals surface area contributed by atoms with Crippen LogP contribution in [0.4, 0.5) is 0 Å². The monoisotopic (exact) mass is 1130 g/mol. The fraction of sp³-hybridized carbons (Fsp3) is 0.827. The zero-order chi connectivity index (χ0) is 58.5. The van der Waals surface area contributed by atoms with E-state index < -0.39 is 6.10 Å². The lowest BCUT2D eigenvalue weighted by atomic mass is 10.0. The summed E-state index contributed by atoms with van der Waals surface area (Å²) >= 11 is 0. The van der Waals surface area contributed by atoms with E-state index in [2.05, 4.69) is 81.5 Å². The summed E-state index contributed by atoms with van der Waals surface area (Å²) in [6.07, 6.45) is 89.8. The fourth-order valence-electron chi connectivity index (χ4n) is 10.7. The molecule has 0 N–H and O–H groups in total. The lowest BCUT2D eigenvalue weighted by molar-refractivity contribution is -0.167. The summed E-state index contributed by atoms with van der Waals surface area (Å²) in [5.41, 5.74) is 0. The molecule has 0 aromatic heterocycles. The molecule has 1 atom stereocenters. The van der Waals surface area contributed by atoms with Crippen LogP contribution in [0.2, 0.25) is 0 Å². The molecule has 6 heteroatoms. The van der Waals surface area contributed by atoms with E-state index >= 15 is 0 Å². The van der Waals surface area contributed by atoms with Crippen molar-refractivity contribution < 1.29 is 28.6 Å². The van der Waals surface area contributed by atoms with Crippen LogP contribution >= 0.6 is 0 Å². The van der Waals surface area contributed by atoms with Crippen molar-refractivity contribution in [3.63, 3.8) is 0 Å². The van der Waals surface area contributed by atoms with Gasteiger partial charge in [0.15, 0.2) is 6.10 Å². The molecule has 6 nitrogen and oxygen atoms in total. The Morgan fingerprint density at radius 2 is 0.481 bits per heavy atom. The maximum Gasteiger partial charge on any atom is 0.306 e. The highest BCUT2D eigenvalue weighted by atomic mass is 16.6. The van der Waals surface area contributed by atoms with E-state index in [0.717, 1.165) is 89.9 Å². The van der Waals surface area contributed by atoms with E-state index in [9.17, 15) is 14.4 Å². The average Bonchev–Trinajstić information content (AvgIpc) is 3.46. The minimum atomic E-state index is -0.777. The van der Waals surface area contributed by atoms with Crippen molar-refractivity contribution in [2.45, 2.75) is 386 Å². The summed E-state index contributed by atoms with van der Waals surface area (Å²) < 4.78 is 17.0. The topological polar surface area (TPSA) is 78.9 Å². The second-order valence-corrected chi connectivity index (χ2v) is 24.1. The normalized spacial score (nSPS) is 12.4. The van der Waals surface area contributed by atoms with Crippen LogP contribution in [0.15, 0.2) is 60.8 Å². The Balaban J connectivity index is 4.12. The molecular weight excluding hydrogens is 997 g/mol. The second kappa shape index (κ2) is 69.6. The maximum absolute atomic E-state index is 12.9. The minimum Gasteiger partial charge on any atom is -0.462 e. The number of rotatable bonds is 66. The van der Waals surface area contributed by atoms with Crippen molar-refractivity contribution in [3.05, 3.63) is 60.8 Å². The third kappa shape index (κ3) is 67.8. The first-order chi connectivity index (χ1) is 40.0. The van der Waals surface area contributed by atoms with Crippen LogP contribution in [0.3, 0.4) is 0 Å². The van der Waals surface area contributed by atoms with Gasteiger partial charge in [-0.3, -0.25) is 14.4 Å². The van der Waals surface area contributed by atoms with Gasteiger partial charge in [-0.2, -0.15) is 0 Å². The van der Waals surface area contributed by atoms with Gasteiger partial charge in [-0.05, 0) is 83.5 Å². The first-order valence-corrected chi connectivity index (χ1v) is 35.8. The van der Waals surface area contributed by atoms with Gasteiger partial charge in [-0.15, -0.1) is 0 Å². The molecule has 0 fully saturated rings. The number of ether oxygens (including phenoxy) is 3. The van der Waals surface area contributed by atoms with Crippen LogP contribution in [0, 0.1) is 0 Å². The Morgan fingerprint density at radius 1 is 0.259 bits per heavy atom. The molecule has 0 spiro atoms. The summed E-state index contributed by atoms with van der Waals surface area (Å²) in [6.45, 7) is 6.57. The zero-order valence-electron chi connectivity index (χ0n) is 54.3. The summed E-state index contributed by atoms with van der Waals surface area (Å²) in [6, 6.07) is 0. The Hall–Kier alpha value is -2.89. The molecule has 0 saturated carbocycles. The summed E-state index contributed by atoms with van der Waals surface area (Å²) in [5.74, 6) is -0.859. The molecule has 0 aliphatic rings. The molecule has 0 heterocycles. The standard InChI is InChI=1S/C75H136O6/c1-4-7-10-13-16-19-22-25-27-29-30-31-32-33-34-35-36-37-38-39-40-41-42-43-44-46-47-50-53-56-59-62-65-68-74(77)80-71-72(70-79-73(76)67-64-61-58-55-52-49-24-21-18-15-12-9-6-3)81-75(78)69-66-63-60-57-54-51-48-45-28-26-23-20-17-14-11-8-5-2/h8,11,17,20,22,25-26,28-30,72H,4-7,9-10,12-16,18-19,21,23-24,27,31-71H2,1-3H3/b11-8-,20-17-,25-22-,28-26-,30-29-. The summed E-state index contributed by atoms with van der Waals surface area (Å²) in [5, 5.41) is 0. The number of allylic oxidation sites excluding steroid dienone is 10. The molecule has 0 aromatic carbocycles. The third-order valence-electron chi connectivity index (χ3n) is 16.0. The Morgan fingerprint density at radius 3 is 0.753 bits per heavy atom. The van der Waals surface area contributed by atoms with Crippen molar-refractivity contribution in [1.82, 2.24) is 0 Å². The Kier molecular flexibility index (Phi) is 67.1. The lowest BCUT2D eigenvalue weighted by Gasteiger charge is -2.18. The molecular formula is C75H136O6. The number of hydrogen-bond acceptors (Lipinski definition) is 6. The van der Waals surface area contributed by atoms with E-state index in [4.69, 9.17) is 14.2 Å². The van der Waals surface area contributed by atoms with Crippen molar-refractivity contribution in [2.75, 3.05) is 13.2 Å². The predicted molar refractivity (Wildman–Crippen MR) is 353 cm³/mol. The molecule has 0 radical (unpaired) electrons. The zero-order valence-corrected chi connectivity index (χ0v) is 54.3. The molecule has 0 saturated heterocycles. The maximum atomic E-state index is 12.9. The first-order valence-electron chi connectivity index (χ1n) is 35.8. The average molecular weight is 1130 g/mol. The van der Waals surface area contributed by atoms with Gasteiger partial charge in [0.1, 0.15) is 13.2 Å². The van der Waals surface area contributed by atoms with Crippen LogP contribution < -0.4 is 0 Å². The number of hydrogen-bond donors (Lipinski definition) is 0. The molecule has 81 heavy (non-hydrogen) atoms. The minimum absolute atomic E-state index is 0.0730. The second-order valence-electron chi connectivity index (χ2n) is 24.1. The molecule has 0 aliphatic heterocycles. The molecule has 0 aliphatic carbocycles. The summed E-state index contributed by atoms with van der Waals surface area (Å²) in [4.78, 5) is 38.4. The Bertz CT molecular complexity index is 1440. The van der Waals surface area contributed by atoms with Crippen LogP contribution in [0.1, 0.15) is 380 Å². The SMILES string of the molecule is CC/C=C\C/C=C\C/C=C\CCCCCCCCCC(=O)OC(COC(=O)CCCCCCCCCCCCCCC)COC(=O)CCCCCCCCCCCCCCCCCCCCCCC/C=C\C/C=C\CCCCCCC. The molecule has 0 amide bonds.